The minimum absolute atomic E-state index is 0.0712. The van der Waals surface area contributed by atoms with Gasteiger partial charge in [0, 0.05) is 22.8 Å². The van der Waals surface area contributed by atoms with E-state index >= 15 is 0 Å². The van der Waals surface area contributed by atoms with Gasteiger partial charge in [-0.3, -0.25) is 4.79 Å². The zero-order valence-corrected chi connectivity index (χ0v) is 14.2. The number of amides is 1. The molecule has 1 aromatic rings. The highest BCUT2D eigenvalue weighted by molar-refractivity contribution is 5.98. The molecule has 1 heterocycles. The lowest BCUT2D eigenvalue weighted by Gasteiger charge is -2.18. The molecule has 1 aliphatic rings. The first kappa shape index (κ1) is 17.0. The van der Waals surface area contributed by atoms with Gasteiger partial charge >= 0.3 is 0 Å². The summed E-state index contributed by atoms with van der Waals surface area (Å²) < 4.78 is 4.76. The van der Waals surface area contributed by atoms with Crippen molar-refractivity contribution in [1.82, 2.24) is 15.8 Å². The molecule has 0 aromatic carbocycles. The van der Waals surface area contributed by atoms with Gasteiger partial charge in [0.2, 0.25) is 0 Å². The van der Waals surface area contributed by atoms with Crippen LogP contribution in [0.5, 0.6) is 0 Å². The van der Waals surface area contributed by atoms with E-state index in [4.69, 9.17) is 4.52 Å². The van der Waals surface area contributed by atoms with Crippen LogP contribution in [0, 0.1) is 0 Å². The first-order valence-corrected chi connectivity index (χ1v) is 7.67. The Morgan fingerprint density at radius 2 is 2.13 bits per heavy atom. The van der Waals surface area contributed by atoms with Gasteiger partial charge in [0.25, 0.3) is 5.91 Å². The first-order chi connectivity index (χ1) is 10.9. The average Bonchev–Trinajstić information content (AvgIpc) is 3.01. The van der Waals surface area contributed by atoms with Gasteiger partial charge in [-0.25, -0.2) is 4.99 Å². The molecule has 0 aliphatic heterocycles. The minimum Gasteiger partial charge on any atom is -0.365 e. The van der Waals surface area contributed by atoms with E-state index in [-0.39, 0.29) is 11.4 Å². The Morgan fingerprint density at radius 3 is 2.61 bits per heavy atom. The Hall–Kier alpha value is -2.37. The Balaban J connectivity index is 2.17. The molecule has 1 fully saturated rings. The van der Waals surface area contributed by atoms with Crippen LogP contribution in [0.4, 0.5) is 0 Å². The summed E-state index contributed by atoms with van der Waals surface area (Å²) in [5.41, 5.74) is 3.09. The van der Waals surface area contributed by atoms with Crippen molar-refractivity contribution in [2.75, 3.05) is 0 Å². The molecule has 2 rings (SSSR count). The molecule has 0 radical (unpaired) electrons. The van der Waals surface area contributed by atoms with Gasteiger partial charge in [-0.15, -0.1) is 0 Å². The Labute approximate surface area is 136 Å². The summed E-state index contributed by atoms with van der Waals surface area (Å²) in [4.78, 5) is 16.7. The van der Waals surface area contributed by atoms with Gasteiger partial charge in [0.1, 0.15) is 17.8 Å². The Kier molecular flexibility index (Phi) is 5.03. The van der Waals surface area contributed by atoms with E-state index in [9.17, 15) is 4.79 Å². The van der Waals surface area contributed by atoms with Crippen molar-refractivity contribution in [1.29, 1.82) is 0 Å². The van der Waals surface area contributed by atoms with Crippen molar-refractivity contribution < 1.29 is 9.32 Å². The third-order valence-electron chi connectivity index (χ3n) is 3.96. The lowest BCUT2D eigenvalue weighted by Crippen LogP contribution is -2.30. The molecule has 1 saturated carbocycles. The fourth-order valence-corrected chi connectivity index (χ4v) is 2.33. The predicted molar refractivity (Wildman–Crippen MR) is 89.7 cm³/mol. The maximum Gasteiger partial charge on any atom is 0.251 e. The van der Waals surface area contributed by atoms with E-state index in [1.165, 1.54) is 6.26 Å². The lowest BCUT2D eigenvalue weighted by atomic mass is 10.0. The van der Waals surface area contributed by atoms with Crippen LogP contribution in [0.3, 0.4) is 0 Å². The molecular formula is C17H24N4O2. The van der Waals surface area contributed by atoms with Crippen LogP contribution in [0.1, 0.15) is 46.2 Å². The van der Waals surface area contributed by atoms with Crippen molar-refractivity contribution in [2.24, 2.45) is 4.99 Å². The van der Waals surface area contributed by atoms with E-state index in [0.717, 1.165) is 24.0 Å². The van der Waals surface area contributed by atoms with Crippen LogP contribution < -0.4 is 10.6 Å². The number of hydrogen-bond acceptors (Lipinski definition) is 5. The molecule has 0 spiro atoms. The summed E-state index contributed by atoms with van der Waals surface area (Å²) in [6.45, 7) is 11.8. The second-order valence-corrected chi connectivity index (χ2v) is 6.37. The van der Waals surface area contributed by atoms with Gasteiger partial charge in [-0.05, 0) is 47.3 Å². The second kappa shape index (κ2) is 6.81. The number of hydrogen-bond donors (Lipinski definition) is 2. The van der Waals surface area contributed by atoms with E-state index in [1.807, 2.05) is 20.8 Å². The van der Waals surface area contributed by atoms with Crippen molar-refractivity contribution >= 4 is 12.6 Å². The molecule has 2 N–H and O–H groups in total. The average molecular weight is 316 g/mol. The standard InChI is InChI=1S/C17H24N4O2/c1-11(2)14(16(22)19-10-13-6-9-23-21-13)12(3)15(18-5)20-17(4)7-8-17/h6,9,20H,5,7-8,10H2,1-4H3,(H,19,22)/b15-12-. The fourth-order valence-electron chi connectivity index (χ4n) is 2.33. The van der Waals surface area contributed by atoms with E-state index in [0.29, 0.717) is 23.6 Å². The number of nitrogens with zero attached hydrogens (tertiary/aromatic N) is 2. The minimum atomic E-state index is -0.158. The quantitative estimate of drug-likeness (QED) is 0.460. The van der Waals surface area contributed by atoms with Crippen LogP contribution in [-0.4, -0.2) is 23.3 Å². The summed E-state index contributed by atoms with van der Waals surface area (Å²) in [6.07, 6.45) is 3.68. The number of aromatic nitrogens is 1. The normalized spacial score (nSPS) is 16.2. The topological polar surface area (TPSA) is 79.5 Å². The highest BCUT2D eigenvalue weighted by atomic mass is 16.5. The predicted octanol–water partition coefficient (Wildman–Crippen LogP) is 2.70. The van der Waals surface area contributed by atoms with Gasteiger partial charge in [-0.2, -0.15) is 0 Å². The third-order valence-corrected chi connectivity index (χ3v) is 3.96. The van der Waals surface area contributed by atoms with Crippen molar-refractivity contribution in [3.05, 3.63) is 40.6 Å². The highest BCUT2D eigenvalue weighted by Crippen LogP contribution is 2.36. The molecule has 23 heavy (non-hydrogen) atoms. The van der Waals surface area contributed by atoms with Gasteiger partial charge in [-0.1, -0.05) is 10.7 Å². The summed E-state index contributed by atoms with van der Waals surface area (Å²) in [6, 6.07) is 1.72. The maximum absolute atomic E-state index is 12.6. The summed E-state index contributed by atoms with van der Waals surface area (Å²) >= 11 is 0. The Morgan fingerprint density at radius 1 is 1.43 bits per heavy atom. The lowest BCUT2D eigenvalue weighted by molar-refractivity contribution is -0.117. The molecular weight excluding hydrogens is 292 g/mol. The molecule has 6 nitrogen and oxygen atoms in total. The smallest absolute Gasteiger partial charge is 0.251 e. The number of nitrogens with one attached hydrogen (secondary N) is 2. The van der Waals surface area contributed by atoms with Crippen molar-refractivity contribution in [2.45, 2.75) is 52.6 Å². The molecule has 6 heteroatoms. The van der Waals surface area contributed by atoms with Crippen LogP contribution in [0.2, 0.25) is 0 Å². The molecule has 0 atom stereocenters. The summed E-state index contributed by atoms with van der Waals surface area (Å²) in [5, 5.41) is 10.0. The molecule has 0 unspecified atom stereocenters. The van der Waals surface area contributed by atoms with E-state index in [1.54, 1.807) is 6.07 Å². The SMILES string of the molecule is C=N/C(NC1(C)CC1)=C(\C)C(C(=O)NCc1ccon1)=C(C)C. The largest absolute Gasteiger partial charge is 0.365 e. The van der Waals surface area contributed by atoms with Crippen LogP contribution in [-0.2, 0) is 11.3 Å². The number of allylic oxidation sites excluding steroid dienone is 1. The van der Waals surface area contributed by atoms with Crippen LogP contribution >= 0.6 is 0 Å². The zero-order valence-electron chi connectivity index (χ0n) is 14.2. The van der Waals surface area contributed by atoms with Gasteiger partial charge < -0.3 is 15.2 Å². The first-order valence-electron chi connectivity index (χ1n) is 7.67. The van der Waals surface area contributed by atoms with Gasteiger partial charge in [0.05, 0.1) is 6.54 Å². The van der Waals surface area contributed by atoms with Crippen LogP contribution in [0.15, 0.2) is 44.4 Å². The number of carbonyl (C=O) groups is 1. The molecule has 0 bridgehead atoms. The summed E-state index contributed by atoms with van der Waals surface area (Å²) in [7, 11) is 0. The molecule has 124 valence electrons. The highest BCUT2D eigenvalue weighted by Gasteiger charge is 2.38. The molecule has 1 amide bonds. The Bertz CT molecular complexity index is 648. The van der Waals surface area contributed by atoms with E-state index < -0.39 is 0 Å². The number of carbonyl (C=O) groups excluding carboxylic acids is 1. The van der Waals surface area contributed by atoms with Crippen molar-refractivity contribution in [3.8, 4) is 0 Å². The van der Waals surface area contributed by atoms with Crippen molar-refractivity contribution in [3.63, 3.8) is 0 Å². The fraction of sp³-hybridized carbons (Fsp3) is 0.471. The van der Waals surface area contributed by atoms with Crippen LogP contribution in [0.25, 0.3) is 0 Å². The summed E-state index contributed by atoms with van der Waals surface area (Å²) in [5.74, 6) is 0.507. The van der Waals surface area contributed by atoms with E-state index in [2.05, 4.69) is 34.4 Å². The monoisotopic (exact) mass is 316 g/mol. The second-order valence-electron chi connectivity index (χ2n) is 6.37. The maximum atomic E-state index is 12.6. The number of rotatable bonds is 7. The van der Waals surface area contributed by atoms with Gasteiger partial charge in [0.15, 0.2) is 0 Å². The third kappa shape index (κ3) is 4.31. The zero-order chi connectivity index (χ0) is 17.0. The molecule has 1 aromatic heterocycles. The molecule has 1 aliphatic carbocycles. The number of aliphatic imine (C=N–C) groups is 1. The molecule has 0 saturated heterocycles.